The molecule has 19 heavy (non-hydrogen) atoms. The Labute approximate surface area is 118 Å². The van der Waals surface area contributed by atoms with Gasteiger partial charge in [0.25, 0.3) is 0 Å². The Morgan fingerprint density at radius 2 is 1.68 bits per heavy atom. The van der Waals surface area contributed by atoms with Gasteiger partial charge in [0.2, 0.25) is 0 Å². The van der Waals surface area contributed by atoms with Crippen LogP contribution in [0.5, 0.6) is 5.75 Å². The van der Waals surface area contributed by atoms with E-state index in [0.717, 1.165) is 12.2 Å². The van der Waals surface area contributed by atoms with Crippen LogP contribution in [0.2, 0.25) is 0 Å². The molecule has 1 aromatic carbocycles. The van der Waals surface area contributed by atoms with Gasteiger partial charge < -0.3 is 4.74 Å². The molecule has 1 heteroatoms. The Balaban J connectivity index is 2.36. The minimum absolute atomic E-state index is 0.184. The molecule has 1 nitrogen and oxygen atoms in total. The lowest BCUT2D eigenvalue weighted by molar-refractivity contribution is 0.516. The molecule has 0 radical (unpaired) electrons. The van der Waals surface area contributed by atoms with E-state index in [2.05, 4.69) is 51.9 Å². The maximum Gasteiger partial charge on any atom is 0.140 e. The predicted molar refractivity (Wildman–Crippen MR) is 82.3 cm³/mol. The van der Waals surface area contributed by atoms with Crippen molar-refractivity contribution < 1.29 is 4.74 Å². The summed E-state index contributed by atoms with van der Waals surface area (Å²) in [5.41, 5.74) is 1.50. The number of rotatable bonds is 5. The van der Waals surface area contributed by atoms with Crippen molar-refractivity contribution in [2.75, 3.05) is 0 Å². The van der Waals surface area contributed by atoms with Crippen LogP contribution in [0.15, 0.2) is 24.3 Å². The summed E-state index contributed by atoms with van der Waals surface area (Å²) in [6.07, 6.45) is 8.73. The van der Waals surface area contributed by atoms with Gasteiger partial charge in [-0.2, -0.15) is 0 Å². The van der Waals surface area contributed by atoms with Crippen LogP contribution in [0.4, 0.5) is 0 Å². The number of ether oxygens (including phenoxy) is 1. The minimum atomic E-state index is 0.184. The summed E-state index contributed by atoms with van der Waals surface area (Å²) in [6, 6.07) is 8.20. The topological polar surface area (TPSA) is 9.23 Å². The van der Waals surface area contributed by atoms with E-state index in [1.807, 2.05) is 12.1 Å². The summed E-state index contributed by atoms with van der Waals surface area (Å²) in [7, 11) is 0. The zero-order valence-electron chi connectivity index (χ0n) is 12.8. The fraction of sp³-hybridized carbons (Fsp3) is 0.556. The van der Waals surface area contributed by atoms with E-state index in [4.69, 9.17) is 4.74 Å². The average Bonchev–Trinajstić information content (AvgIpc) is 2.37. The van der Waals surface area contributed by atoms with Crippen LogP contribution >= 0.6 is 0 Å². The zero-order valence-corrected chi connectivity index (χ0v) is 12.8. The lowest BCUT2D eigenvalue weighted by Gasteiger charge is -2.18. The first-order valence-electron chi connectivity index (χ1n) is 7.29. The molecule has 0 amide bonds. The van der Waals surface area contributed by atoms with Gasteiger partial charge in [-0.1, -0.05) is 65.0 Å². The third-order valence-corrected chi connectivity index (χ3v) is 3.12. The Morgan fingerprint density at radius 3 is 2.26 bits per heavy atom. The summed E-state index contributed by atoms with van der Waals surface area (Å²) in [5, 5.41) is 0. The van der Waals surface area contributed by atoms with Gasteiger partial charge in [-0.15, -0.1) is 0 Å². The molecule has 0 spiro atoms. The summed E-state index contributed by atoms with van der Waals surface area (Å²) >= 11 is 0. The molecule has 0 saturated heterocycles. The number of unbranched alkanes of at least 4 members (excludes halogenated alkanes) is 4. The molecule has 1 rings (SSSR count). The first-order chi connectivity index (χ1) is 9.04. The normalized spacial score (nSPS) is 10.7. The third-order valence-electron chi connectivity index (χ3n) is 3.12. The monoisotopic (exact) mass is 258 g/mol. The van der Waals surface area contributed by atoms with Crippen LogP contribution in [0.1, 0.15) is 65.4 Å². The van der Waals surface area contributed by atoms with Crippen LogP contribution in [0, 0.1) is 12.0 Å². The summed E-state index contributed by atoms with van der Waals surface area (Å²) in [6.45, 7) is 8.84. The highest BCUT2D eigenvalue weighted by Crippen LogP contribution is 2.24. The molecular weight excluding hydrogens is 232 g/mol. The summed E-state index contributed by atoms with van der Waals surface area (Å²) < 4.78 is 5.42. The Hall–Kier alpha value is -1.42. The van der Waals surface area contributed by atoms with Gasteiger partial charge >= 0.3 is 0 Å². The van der Waals surface area contributed by atoms with Crippen molar-refractivity contribution in [2.24, 2.45) is 0 Å². The molecule has 0 N–H and O–H groups in total. The molecule has 0 aliphatic heterocycles. The number of benzene rings is 1. The largest absolute Gasteiger partial charge is 0.408 e. The van der Waals surface area contributed by atoms with E-state index in [1.54, 1.807) is 0 Å². The summed E-state index contributed by atoms with van der Waals surface area (Å²) in [4.78, 5) is 0. The average molecular weight is 258 g/mol. The first-order valence-corrected chi connectivity index (χ1v) is 7.29. The van der Waals surface area contributed by atoms with E-state index in [9.17, 15) is 0 Å². The molecular formula is C18H26O. The van der Waals surface area contributed by atoms with Crippen molar-refractivity contribution in [3.8, 4) is 17.8 Å². The van der Waals surface area contributed by atoms with E-state index in [0.29, 0.717) is 0 Å². The standard InChI is InChI=1S/C18H26O/c1-5-6-7-8-9-10-15-19-17-13-11-16(12-14-17)18(2,3)4/h11-14H,5-9H2,1-4H3. The molecule has 1 aromatic rings. The maximum atomic E-state index is 5.42. The molecule has 0 aliphatic rings. The second-order valence-electron chi connectivity index (χ2n) is 5.97. The zero-order chi connectivity index (χ0) is 14.1. The molecule has 0 saturated carbocycles. The molecule has 0 aromatic heterocycles. The molecule has 0 aliphatic carbocycles. The second kappa shape index (κ2) is 7.89. The lowest BCUT2D eigenvalue weighted by atomic mass is 9.87. The van der Waals surface area contributed by atoms with Crippen molar-refractivity contribution in [3.05, 3.63) is 29.8 Å². The Kier molecular flexibility index (Phi) is 6.50. The van der Waals surface area contributed by atoms with Crippen LogP contribution < -0.4 is 4.74 Å². The number of hydrogen-bond acceptors (Lipinski definition) is 1. The van der Waals surface area contributed by atoms with Gasteiger partial charge in [-0.3, -0.25) is 0 Å². The Bertz CT molecular complexity index is 412. The maximum absolute atomic E-state index is 5.42. The van der Waals surface area contributed by atoms with Crippen LogP contribution in [-0.2, 0) is 5.41 Å². The van der Waals surface area contributed by atoms with Crippen molar-refractivity contribution in [1.29, 1.82) is 0 Å². The van der Waals surface area contributed by atoms with Crippen LogP contribution in [0.25, 0.3) is 0 Å². The van der Waals surface area contributed by atoms with E-state index in [1.165, 1.54) is 31.2 Å². The highest BCUT2D eigenvalue weighted by molar-refractivity contribution is 5.31. The van der Waals surface area contributed by atoms with E-state index in [-0.39, 0.29) is 5.41 Å². The highest BCUT2D eigenvalue weighted by Gasteiger charge is 2.12. The van der Waals surface area contributed by atoms with E-state index < -0.39 is 0 Å². The lowest BCUT2D eigenvalue weighted by Crippen LogP contribution is -2.10. The predicted octanol–water partition coefficient (Wildman–Crippen LogP) is 5.29. The van der Waals surface area contributed by atoms with Crippen molar-refractivity contribution in [2.45, 2.75) is 65.2 Å². The van der Waals surface area contributed by atoms with Gasteiger partial charge in [-0.25, -0.2) is 0 Å². The van der Waals surface area contributed by atoms with Gasteiger partial charge in [0.1, 0.15) is 11.9 Å². The molecule has 0 atom stereocenters. The molecule has 0 bridgehead atoms. The molecule has 0 heterocycles. The molecule has 0 fully saturated rings. The number of hydrogen-bond donors (Lipinski definition) is 0. The van der Waals surface area contributed by atoms with Crippen LogP contribution in [0.3, 0.4) is 0 Å². The highest BCUT2D eigenvalue weighted by atomic mass is 16.5. The fourth-order valence-corrected chi connectivity index (χ4v) is 1.81. The third kappa shape index (κ3) is 6.34. The molecule has 0 unspecified atom stereocenters. The summed E-state index contributed by atoms with van der Waals surface area (Å²) in [5.74, 6) is 3.89. The van der Waals surface area contributed by atoms with E-state index >= 15 is 0 Å². The quantitative estimate of drug-likeness (QED) is 0.515. The Morgan fingerprint density at radius 1 is 1.00 bits per heavy atom. The van der Waals surface area contributed by atoms with Gasteiger partial charge in [0.15, 0.2) is 0 Å². The van der Waals surface area contributed by atoms with Gasteiger partial charge in [-0.05, 0) is 29.5 Å². The smallest absolute Gasteiger partial charge is 0.140 e. The molecule has 104 valence electrons. The fourth-order valence-electron chi connectivity index (χ4n) is 1.81. The minimum Gasteiger partial charge on any atom is -0.408 e. The van der Waals surface area contributed by atoms with Crippen LogP contribution in [-0.4, -0.2) is 0 Å². The van der Waals surface area contributed by atoms with Crippen molar-refractivity contribution in [1.82, 2.24) is 0 Å². The van der Waals surface area contributed by atoms with Crippen molar-refractivity contribution >= 4 is 0 Å². The van der Waals surface area contributed by atoms with Gasteiger partial charge in [0, 0.05) is 6.42 Å². The van der Waals surface area contributed by atoms with Crippen molar-refractivity contribution in [3.63, 3.8) is 0 Å². The first kappa shape index (κ1) is 15.6. The second-order valence-corrected chi connectivity index (χ2v) is 5.97. The SMILES string of the molecule is CCCCCCC#COc1ccc(C(C)(C)C)cc1. The van der Waals surface area contributed by atoms with Gasteiger partial charge in [0.05, 0.1) is 0 Å².